The molecule has 0 aromatic heterocycles. The van der Waals surface area contributed by atoms with E-state index in [0.29, 0.717) is 0 Å². The molecule has 8 aromatic rings. The van der Waals surface area contributed by atoms with Gasteiger partial charge in [0.05, 0.1) is 5.69 Å². The molecule has 0 amide bonds. The molecule has 0 saturated heterocycles. The molecule has 0 saturated carbocycles. The van der Waals surface area contributed by atoms with Gasteiger partial charge in [0.2, 0.25) is 0 Å². The van der Waals surface area contributed by atoms with Crippen molar-refractivity contribution in [2.45, 2.75) is 58.8 Å². The second kappa shape index (κ2) is 20.3. The van der Waals surface area contributed by atoms with Crippen LogP contribution in [0.3, 0.4) is 0 Å². The molecule has 8 aromatic carbocycles. The van der Waals surface area contributed by atoms with Gasteiger partial charge in [-0.3, -0.25) is 0 Å². The maximum atomic E-state index is 4.00. The molecule has 70 heavy (non-hydrogen) atoms. The van der Waals surface area contributed by atoms with Crippen molar-refractivity contribution in [2.75, 3.05) is 9.80 Å². The fourth-order valence-corrected chi connectivity index (χ4v) is 10.5. The number of anilines is 5. The van der Waals surface area contributed by atoms with E-state index in [-0.39, 0.29) is 16.7 Å². The van der Waals surface area contributed by atoms with E-state index in [2.05, 4.69) is 289 Å². The van der Waals surface area contributed by atoms with Gasteiger partial charge in [-0.25, -0.2) is 0 Å². The van der Waals surface area contributed by atoms with Gasteiger partial charge in [-0.15, -0.1) is 0 Å². The summed E-state index contributed by atoms with van der Waals surface area (Å²) < 4.78 is 0. The zero-order valence-electron chi connectivity index (χ0n) is 41.6. The van der Waals surface area contributed by atoms with Crippen LogP contribution in [-0.4, -0.2) is 0 Å². The van der Waals surface area contributed by atoms with E-state index in [0.717, 1.165) is 62.8 Å². The Labute approximate surface area is 417 Å². The van der Waals surface area contributed by atoms with E-state index in [9.17, 15) is 0 Å². The molecule has 1 aliphatic rings. The molecule has 346 valence electrons. The zero-order chi connectivity index (χ0) is 48.8. The monoisotopic (exact) mass is 909 g/mol. The van der Waals surface area contributed by atoms with Gasteiger partial charge in [0.15, 0.2) is 0 Å². The van der Waals surface area contributed by atoms with Crippen molar-refractivity contribution in [1.29, 1.82) is 0 Å². The second-order valence-corrected chi connectivity index (χ2v) is 19.7. The SMILES string of the molecule is C=Cc1ccc(C(C)(C)Cc2ccc3c(N(c4ccccc4)c4ccc(-c5ccc(N(C6=C(/C=C\C)C(C(C)(C)c7ccc(C=C)cc7)C(C)=CC=C6)c6ccccc6)cc5)cc4)cccc3c2)cc1. The van der Waals surface area contributed by atoms with Gasteiger partial charge in [-0.05, 0) is 136 Å². The number of rotatable bonds is 15. The first-order chi connectivity index (χ1) is 34.0. The van der Waals surface area contributed by atoms with Crippen molar-refractivity contribution in [3.8, 4) is 11.1 Å². The summed E-state index contributed by atoms with van der Waals surface area (Å²) >= 11 is 0. The molecule has 0 spiro atoms. The van der Waals surface area contributed by atoms with E-state index in [1.807, 2.05) is 12.2 Å². The lowest BCUT2D eigenvalue weighted by atomic mass is 9.66. The Hall–Kier alpha value is -7.94. The molecule has 0 bridgehead atoms. The highest BCUT2D eigenvalue weighted by Crippen LogP contribution is 2.47. The molecule has 0 radical (unpaired) electrons. The van der Waals surface area contributed by atoms with Crippen molar-refractivity contribution in [1.82, 2.24) is 0 Å². The summed E-state index contributed by atoms with van der Waals surface area (Å²) in [6.07, 6.45) is 16.0. The molecular formula is C68H64N2. The fourth-order valence-electron chi connectivity index (χ4n) is 10.5. The summed E-state index contributed by atoms with van der Waals surface area (Å²) in [6.45, 7) is 21.8. The predicted molar refractivity (Wildman–Crippen MR) is 304 cm³/mol. The normalized spacial score (nSPS) is 14.1. The number of hydrogen-bond acceptors (Lipinski definition) is 2. The molecule has 2 nitrogen and oxygen atoms in total. The molecule has 0 N–H and O–H groups in total. The number of hydrogen-bond donors (Lipinski definition) is 0. The number of para-hydroxylation sites is 2. The molecule has 0 fully saturated rings. The summed E-state index contributed by atoms with van der Waals surface area (Å²) in [7, 11) is 0. The van der Waals surface area contributed by atoms with Crippen LogP contribution >= 0.6 is 0 Å². The van der Waals surface area contributed by atoms with Crippen LogP contribution in [0.4, 0.5) is 28.4 Å². The maximum absolute atomic E-state index is 4.00. The van der Waals surface area contributed by atoms with Gasteiger partial charge >= 0.3 is 0 Å². The van der Waals surface area contributed by atoms with Crippen LogP contribution in [0.5, 0.6) is 0 Å². The molecular weight excluding hydrogens is 845 g/mol. The Kier molecular flexibility index (Phi) is 13.7. The first-order valence-electron chi connectivity index (χ1n) is 24.6. The number of benzene rings is 8. The van der Waals surface area contributed by atoms with Gasteiger partial charge in [-0.1, -0.05) is 222 Å². The lowest BCUT2D eigenvalue weighted by molar-refractivity contribution is 0.414. The van der Waals surface area contributed by atoms with Crippen LogP contribution in [0, 0.1) is 5.92 Å². The van der Waals surface area contributed by atoms with E-state index < -0.39 is 0 Å². The summed E-state index contributed by atoms with van der Waals surface area (Å²) in [5, 5.41) is 2.44. The largest absolute Gasteiger partial charge is 0.310 e. The van der Waals surface area contributed by atoms with Gasteiger partial charge in [0.1, 0.15) is 0 Å². The van der Waals surface area contributed by atoms with Crippen LogP contribution in [0.15, 0.2) is 255 Å². The topological polar surface area (TPSA) is 6.48 Å². The lowest BCUT2D eigenvalue weighted by Gasteiger charge is -2.39. The molecule has 1 aliphatic carbocycles. The molecule has 0 heterocycles. The van der Waals surface area contributed by atoms with Crippen LogP contribution < -0.4 is 9.80 Å². The standard InChI is InChI=1S/C68H64N2/c1-9-20-63-65(27-18-21-49(4)66(63)68(7,8)57-40-31-51(11-3)32-41-57)70(59-25-16-13-17-26-59)61-44-36-54(37-45-61)53-34-42-60(43-35-53)69(58-23-14-12-15-24-58)64-28-19-22-55-47-52(33-46-62(55)64)48-67(5,6)56-38-29-50(10-2)30-39-56/h9-47,66H,2-3,48H2,1,4-8H3/b20-9-. The summed E-state index contributed by atoms with van der Waals surface area (Å²) in [5.74, 6) is 0.109. The Morgan fingerprint density at radius 3 is 1.63 bits per heavy atom. The summed E-state index contributed by atoms with van der Waals surface area (Å²) in [6, 6.07) is 70.9. The average molecular weight is 909 g/mol. The zero-order valence-corrected chi connectivity index (χ0v) is 41.6. The Morgan fingerprint density at radius 2 is 1.07 bits per heavy atom. The maximum Gasteiger partial charge on any atom is 0.0540 e. The third-order valence-electron chi connectivity index (χ3n) is 14.2. The first kappa shape index (κ1) is 47.1. The Balaban J connectivity index is 1.05. The van der Waals surface area contributed by atoms with E-state index in [4.69, 9.17) is 0 Å². The van der Waals surface area contributed by atoms with Crippen molar-refractivity contribution in [3.05, 3.63) is 282 Å². The third-order valence-corrected chi connectivity index (χ3v) is 14.2. The highest BCUT2D eigenvalue weighted by Gasteiger charge is 2.37. The Morgan fingerprint density at radius 1 is 0.543 bits per heavy atom. The van der Waals surface area contributed by atoms with Crippen LogP contribution in [-0.2, 0) is 17.3 Å². The molecule has 1 unspecified atom stereocenters. The van der Waals surface area contributed by atoms with Crippen LogP contribution in [0.2, 0.25) is 0 Å². The highest BCUT2D eigenvalue weighted by molar-refractivity contribution is 5.99. The average Bonchev–Trinajstić information content (AvgIpc) is 3.55. The summed E-state index contributed by atoms with van der Waals surface area (Å²) in [5.41, 5.74) is 17.6. The van der Waals surface area contributed by atoms with E-state index in [1.54, 1.807) is 0 Å². The van der Waals surface area contributed by atoms with Crippen molar-refractivity contribution in [2.24, 2.45) is 5.92 Å². The quantitative estimate of drug-likeness (QED) is 0.101. The van der Waals surface area contributed by atoms with Crippen molar-refractivity contribution < 1.29 is 0 Å². The molecule has 0 aliphatic heterocycles. The minimum absolute atomic E-state index is 0.0262. The smallest absolute Gasteiger partial charge is 0.0540 e. The minimum Gasteiger partial charge on any atom is -0.310 e. The number of fused-ring (bicyclic) bond motifs is 1. The second-order valence-electron chi connectivity index (χ2n) is 19.7. The molecule has 1 atom stereocenters. The van der Waals surface area contributed by atoms with Crippen molar-refractivity contribution >= 4 is 51.4 Å². The minimum atomic E-state index is -0.213. The van der Waals surface area contributed by atoms with Gasteiger partial charge in [0, 0.05) is 45.2 Å². The number of allylic oxidation sites excluding steroid dienone is 7. The first-order valence-corrected chi connectivity index (χ1v) is 24.6. The number of nitrogens with zero attached hydrogens (tertiary/aromatic N) is 2. The Bertz CT molecular complexity index is 3240. The van der Waals surface area contributed by atoms with Crippen molar-refractivity contribution in [3.63, 3.8) is 0 Å². The van der Waals surface area contributed by atoms with E-state index in [1.165, 1.54) is 38.6 Å². The predicted octanol–water partition coefficient (Wildman–Crippen LogP) is 18.9. The van der Waals surface area contributed by atoms with Gasteiger partial charge in [-0.2, -0.15) is 0 Å². The van der Waals surface area contributed by atoms with Crippen LogP contribution in [0.25, 0.3) is 34.1 Å². The molecule has 2 heteroatoms. The summed E-state index contributed by atoms with van der Waals surface area (Å²) in [4.78, 5) is 4.80. The van der Waals surface area contributed by atoms with Gasteiger partial charge < -0.3 is 9.80 Å². The van der Waals surface area contributed by atoms with Gasteiger partial charge in [0.25, 0.3) is 0 Å². The van der Waals surface area contributed by atoms with E-state index >= 15 is 0 Å². The fraction of sp³-hybridized carbons (Fsp3) is 0.147. The highest BCUT2D eigenvalue weighted by atomic mass is 15.2. The third kappa shape index (κ3) is 9.69. The van der Waals surface area contributed by atoms with Crippen LogP contribution in [0.1, 0.15) is 69.4 Å². The lowest BCUT2D eigenvalue weighted by Crippen LogP contribution is -2.32. The molecule has 9 rings (SSSR count).